The van der Waals surface area contributed by atoms with Crippen molar-refractivity contribution in [1.82, 2.24) is 20.2 Å². The van der Waals surface area contributed by atoms with Crippen LogP contribution in [0.4, 0.5) is 0 Å². The summed E-state index contributed by atoms with van der Waals surface area (Å²) in [4.78, 5) is 1.29. The average molecular weight is 326 g/mol. The van der Waals surface area contributed by atoms with Crippen LogP contribution in [0.1, 0.15) is 34.9 Å². The number of fused-ring (bicyclic) bond motifs is 1. The van der Waals surface area contributed by atoms with Gasteiger partial charge in [-0.3, -0.25) is 5.10 Å². The molecule has 3 rings (SSSR count). The fraction of sp³-hybridized carbons (Fsp3) is 0.462. The largest absolute Gasteiger partial charge is 0.316 e. The Morgan fingerprint density at radius 3 is 3.19 bits per heavy atom. The first kappa shape index (κ1) is 14.7. The zero-order valence-electron chi connectivity index (χ0n) is 11.7. The van der Waals surface area contributed by atoms with E-state index in [-0.39, 0.29) is 11.1 Å². The lowest BCUT2D eigenvalue weighted by Crippen LogP contribution is -2.31. The van der Waals surface area contributed by atoms with Crippen LogP contribution in [-0.4, -0.2) is 25.7 Å². The smallest absolute Gasteiger partial charge is 0.258 e. The number of hydrogen-bond donors (Lipinski definition) is 3. The van der Waals surface area contributed by atoms with Crippen LogP contribution in [0.15, 0.2) is 22.7 Å². The van der Waals surface area contributed by atoms with E-state index in [9.17, 15) is 8.42 Å². The Balaban J connectivity index is 1.86. The molecule has 3 N–H and O–H groups in total. The third-order valence-corrected chi connectivity index (χ3v) is 6.15. The Bertz CT molecular complexity index is 720. The molecule has 0 saturated carbocycles. The van der Waals surface area contributed by atoms with Crippen molar-refractivity contribution in [3.63, 3.8) is 0 Å². The van der Waals surface area contributed by atoms with Crippen molar-refractivity contribution in [2.75, 3.05) is 7.05 Å². The predicted molar refractivity (Wildman–Crippen MR) is 81.7 cm³/mol. The third kappa shape index (κ3) is 2.89. The van der Waals surface area contributed by atoms with Crippen LogP contribution in [0, 0.1) is 0 Å². The van der Waals surface area contributed by atoms with Crippen molar-refractivity contribution in [2.45, 2.75) is 36.9 Å². The molecule has 8 heteroatoms. The fourth-order valence-electron chi connectivity index (χ4n) is 2.70. The number of nitrogens with zero attached hydrogens (tertiary/aromatic N) is 1. The summed E-state index contributed by atoms with van der Waals surface area (Å²) in [7, 11) is -1.82. The minimum absolute atomic E-state index is 0.143. The molecule has 2 heterocycles. The molecule has 1 aliphatic rings. The molecule has 0 aliphatic heterocycles. The zero-order valence-corrected chi connectivity index (χ0v) is 13.4. The van der Waals surface area contributed by atoms with Crippen LogP contribution in [0.5, 0.6) is 0 Å². The normalized spacial score (nSPS) is 18.6. The van der Waals surface area contributed by atoms with Gasteiger partial charge >= 0.3 is 0 Å². The Labute approximate surface area is 128 Å². The highest BCUT2D eigenvalue weighted by Crippen LogP contribution is 2.34. The van der Waals surface area contributed by atoms with Crippen molar-refractivity contribution < 1.29 is 8.42 Å². The lowest BCUT2D eigenvalue weighted by molar-refractivity contribution is 0.508. The first-order chi connectivity index (χ1) is 10.1. The van der Waals surface area contributed by atoms with Gasteiger partial charge in [0.15, 0.2) is 5.03 Å². The number of thiophene rings is 1. The second-order valence-corrected chi connectivity index (χ2v) is 7.77. The molecule has 2 aromatic rings. The van der Waals surface area contributed by atoms with Crippen LogP contribution in [0.2, 0.25) is 0 Å². The molecule has 6 nitrogen and oxygen atoms in total. The highest BCUT2D eigenvalue weighted by atomic mass is 32.2. The average Bonchev–Trinajstić information content (AvgIpc) is 3.07. The zero-order chi connectivity index (χ0) is 14.9. The van der Waals surface area contributed by atoms with Gasteiger partial charge in [-0.25, -0.2) is 13.1 Å². The highest BCUT2D eigenvalue weighted by molar-refractivity contribution is 7.89. The first-order valence-corrected chi connectivity index (χ1v) is 9.23. The van der Waals surface area contributed by atoms with Crippen molar-refractivity contribution in [2.24, 2.45) is 0 Å². The molecule has 1 atom stereocenters. The number of aromatic nitrogens is 2. The first-order valence-electron chi connectivity index (χ1n) is 6.87. The molecular formula is C13H18N4O2S2. The molecule has 0 saturated heterocycles. The number of H-pyrrole nitrogens is 1. The molecule has 0 bridgehead atoms. The molecule has 0 amide bonds. The molecule has 1 unspecified atom stereocenters. The number of sulfonamides is 1. The summed E-state index contributed by atoms with van der Waals surface area (Å²) < 4.78 is 28.0. The van der Waals surface area contributed by atoms with E-state index in [1.54, 1.807) is 24.6 Å². The SMILES string of the molecule is CNCc1cn[nH]c1S(=O)(=O)NC1CCCc2sccc21. The van der Waals surface area contributed by atoms with E-state index >= 15 is 0 Å². The van der Waals surface area contributed by atoms with E-state index in [0.29, 0.717) is 12.1 Å². The molecule has 0 spiro atoms. The van der Waals surface area contributed by atoms with Crippen LogP contribution in [0.3, 0.4) is 0 Å². The molecular weight excluding hydrogens is 308 g/mol. The number of rotatable bonds is 5. The number of aryl methyl sites for hydroxylation is 1. The second kappa shape index (κ2) is 5.88. The van der Waals surface area contributed by atoms with Gasteiger partial charge in [0.25, 0.3) is 10.0 Å². The van der Waals surface area contributed by atoms with Gasteiger partial charge in [0.05, 0.1) is 6.20 Å². The molecule has 1 aliphatic carbocycles. The summed E-state index contributed by atoms with van der Waals surface area (Å²) in [6.07, 6.45) is 4.42. The van der Waals surface area contributed by atoms with E-state index in [1.165, 1.54) is 4.88 Å². The maximum Gasteiger partial charge on any atom is 0.258 e. The van der Waals surface area contributed by atoms with Crippen LogP contribution in [0.25, 0.3) is 0 Å². The molecule has 114 valence electrons. The Kier molecular flexibility index (Phi) is 4.12. The van der Waals surface area contributed by atoms with Crippen molar-refractivity contribution in [1.29, 1.82) is 0 Å². The highest BCUT2D eigenvalue weighted by Gasteiger charge is 2.28. The third-order valence-electron chi connectivity index (χ3n) is 3.66. The van der Waals surface area contributed by atoms with Gasteiger partial charge in [0.1, 0.15) is 0 Å². The molecule has 0 fully saturated rings. The Hall–Kier alpha value is -1.22. The van der Waals surface area contributed by atoms with Gasteiger partial charge in [-0.2, -0.15) is 5.10 Å². The Morgan fingerprint density at radius 1 is 1.52 bits per heavy atom. The summed E-state index contributed by atoms with van der Waals surface area (Å²) in [5, 5.41) is 11.6. The second-order valence-electron chi connectivity index (χ2n) is 5.12. The standard InChI is InChI=1S/C13H18N4O2S2/c1-14-7-9-8-15-16-13(9)21(18,19)17-11-3-2-4-12-10(11)5-6-20-12/h5-6,8,11,14,17H,2-4,7H2,1H3,(H,15,16). The van der Waals surface area contributed by atoms with Gasteiger partial charge in [-0.15, -0.1) is 11.3 Å². The quantitative estimate of drug-likeness (QED) is 0.778. The van der Waals surface area contributed by atoms with E-state index < -0.39 is 10.0 Å². The molecule has 0 radical (unpaired) electrons. The van der Waals surface area contributed by atoms with Crippen molar-refractivity contribution in [3.8, 4) is 0 Å². The summed E-state index contributed by atoms with van der Waals surface area (Å²) in [5.41, 5.74) is 1.76. The van der Waals surface area contributed by atoms with E-state index in [4.69, 9.17) is 0 Å². The topological polar surface area (TPSA) is 86.9 Å². The number of nitrogens with one attached hydrogen (secondary N) is 3. The van der Waals surface area contributed by atoms with Crippen LogP contribution >= 0.6 is 11.3 Å². The van der Waals surface area contributed by atoms with Gasteiger partial charge in [-0.05, 0) is 43.3 Å². The summed E-state index contributed by atoms with van der Waals surface area (Å²) in [6.45, 7) is 0.459. The maximum atomic E-state index is 12.6. The molecule has 0 aromatic carbocycles. The van der Waals surface area contributed by atoms with Crippen molar-refractivity contribution >= 4 is 21.4 Å². The van der Waals surface area contributed by atoms with E-state index in [2.05, 4.69) is 20.2 Å². The molecule has 2 aromatic heterocycles. The van der Waals surface area contributed by atoms with Crippen molar-refractivity contribution in [3.05, 3.63) is 33.6 Å². The number of aromatic amines is 1. The minimum Gasteiger partial charge on any atom is -0.316 e. The van der Waals surface area contributed by atoms with E-state index in [0.717, 1.165) is 24.8 Å². The lowest BCUT2D eigenvalue weighted by atomic mass is 9.95. The molecule has 21 heavy (non-hydrogen) atoms. The number of hydrogen-bond acceptors (Lipinski definition) is 5. The van der Waals surface area contributed by atoms with Crippen LogP contribution in [-0.2, 0) is 23.0 Å². The maximum absolute atomic E-state index is 12.6. The summed E-state index contributed by atoms with van der Waals surface area (Å²) in [6, 6.07) is 1.88. The van der Waals surface area contributed by atoms with Crippen LogP contribution < -0.4 is 10.0 Å². The summed E-state index contributed by atoms with van der Waals surface area (Å²) in [5.74, 6) is 0. The predicted octanol–water partition coefficient (Wildman–Crippen LogP) is 1.55. The fourth-order valence-corrected chi connectivity index (χ4v) is 5.07. The van der Waals surface area contributed by atoms with Gasteiger partial charge in [0.2, 0.25) is 0 Å². The Morgan fingerprint density at radius 2 is 2.38 bits per heavy atom. The summed E-state index contributed by atoms with van der Waals surface area (Å²) >= 11 is 1.70. The lowest BCUT2D eigenvalue weighted by Gasteiger charge is -2.23. The van der Waals surface area contributed by atoms with Gasteiger partial charge < -0.3 is 5.32 Å². The monoisotopic (exact) mass is 326 g/mol. The van der Waals surface area contributed by atoms with E-state index in [1.807, 2.05) is 11.4 Å². The minimum atomic E-state index is -3.59. The van der Waals surface area contributed by atoms with Gasteiger partial charge in [-0.1, -0.05) is 0 Å². The van der Waals surface area contributed by atoms with Gasteiger partial charge in [0, 0.05) is 23.0 Å².